The van der Waals surface area contributed by atoms with Gasteiger partial charge in [0.05, 0.1) is 0 Å². The van der Waals surface area contributed by atoms with Crippen LogP contribution in [0.2, 0.25) is 0 Å². The average Bonchev–Trinajstić information content (AvgIpc) is 2.76. The molecule has 17 heavy (non-hydrogen) atoms. The van der Waals surface area contributed by atoms with Crippen LogP contribution in [-0.4, -0.2) is 28.3 Å². The van der Waals surface area contributed by atoms with Gasteiger partial charge in [0, 0.05) is 28.3 Å². The molecule has 0 spiro atoms. The molecule has 102 valence electrons. The lowest BCUT2D eigenvalue weighted by Gasteiger charge is -2.24. The summed E-state index contributed by atoms with van der Waals surface area (Å²) < 4.78 is 12.1. The van der Waals surface area contributed by atoms with Crippen LogP contribution in [0.1, 0.15) is 52.9 Å². The zero-order valence-corrected chi connectivity index (χ0v) is 12.5. The number of hydrogen-bond donors (Lipinski definition) is 1. The summed E-state index contributed by atoms with van der Waals surface area (Å²) in [7, 11) is -0.642. The Labute approximate surface area is 109 Å². The number of nitrogens with one attached hydrogen (secondary N) is 1. The summed E-state index contributed by atoms with van der Waals surface area (Å²) in [6.45, 7) is 7.58. The summed E-state index contributed by atoms with van der Waals surface area (Å²) in [4.78, 5) is 0. The Bertz CT molecular complexity index is 224. The van der Waals surface area contributed by atoms with Crippen LogP contribution in [0.15, 0.2) is 0 Å². The molecule has 0 aromatic rings. The molecule has 0 bridgehead atoms. The molecule has 0 aliphatic heterocycles. The highest BCUT2D eigenvalue weighted by Crippen LogP contribution is 2.28. The summed E-state index contributed by atoms with van der Waals surface area (Å²) in [5, 5.41) is 3.62. The predicted octanol–water partition coefficient (Wildman–Crippen LogP) is 2.95. The SMILES string of the molecule is CCCNC(CS(=O)CC(C)C)C1CCCC1. The lowest BCUT2D eigenvalue weighted by molar-refractivity contribution is 0.385. The normalized spacial score (nSPS) is 20.9. The van der Waals surface area contributed by atoms with Crippen LogP contribution in [0.3, 0.4) is 0 Å². The van der Waals surface area contributed by atoms with Crippen LogP contribution in [-0.2, 0) is 10.8 Å². The summed E-state index contributed by atoms with van der Waals surface area (Å²) in [6, 6.07) is 0.497. The molecule has 0 aromatic heterocycles. The largest absolute Gasteiger partial charge is 0.313 e. The van der Waals surface area contributed by atoms with Crippen molar-refractivity contribution in [2.45, 2.75) is 58.9 Å². The van der Waals surface area contributed by atoms with Gasteiger partial charge in [0.15, 0.2) is 0 Å². The molecule has 1 fully saturated rings. The van der Waals surface area contributed by atoms with E-state index in [1.54, 1.807) is 0 Å². The molecule has 1 aliphatic carbocycles. The van der Waals surface area contributed by atoms with Crippen molar-refractivity contribution in [1.29, 1.82) is 0 Å². The standard InChI is InChI=1S/C14H29NOS/c1-4-9-15-14(13-7-5-6-8-13)11-17(16)10-12(2)3/h12-15H,4-11H2,1-3H3. The molecule has 3 heteroatoms. The fourth-order valence-corrected chi connectivity index (χ4v) is 4.36. The van der Waals surface area contributed by atoms with Crippen molar-refractivity contribution in [3.8, 4) is 0 Å². The van der Waals surface area contributed by atoms with E-state index in [1.165, 1.54) is 32.1 Å². The minimum atomic E-state index is -0.642. The summed E-state index contributed by atoms with van der Waals surface area (Å²) in [6.07, 6.45) is 6.57. The first-order valence-corrected chi connectivity index (χ1v) is 8.70. The molecule has 0 radical (unpaired) electrons. The molecule has 2 nitrogen and oxygen atoms in total. The highest BCUT2D eigenvalue weighted by atomic mass is 32.2. The summed E-state index contributed by atoms with van der Waals surface area (Å²) in [5.74, 6) is 3.05. The molecule has 1 saturated carbocycles. The van der Waals surface area contributed by atoms with Crippen LogP contribution in [0, 0.1) is 11.8 Å². The summed E-state index contributed by atoms with van der Waals surface area (Å²) >= 11 is 0. The molecule has 1 rings (SSSR count). The van der Waals surface area contributed by atoms with E-state index in [2.05, 4.69) is 26.1 Å². The second-order valence-electron chi connectivity index (χ2n) is 5.77. The van der Waals surface area contributed by atoms with Crippen LogP contribution in [0.4, 0.5) is 0 Å². The molecule has 0 aromatic carbocycles. The Balaban J connectivity index is 2.41. The third kappa shape index (κ3) is 6.01. The average molecular weight is 259 g/mol. The molecule has 0 heterocycles. The monoisotopic (exact) mass is 259 g/mol. The van der Waals surface area contributed by atoms with Crippen LogP contribution in [0.5, 0.6) is 0 Å². The van der Waals surface area contributed by atoms with Gasteiger partial charge in [-0.15, -0.1) is 0 Å². The quantitative estimate of drug-likeness (QED) is 0.726. The zero-order chi connectivity index (χ0) is 12.7. The molecule has 0 saturated heterocycles. The molecule has 2 atom stereocenters. The number of hydrogen-bond acceptors (Lipinski definition) is 2. The molecular weight excluding hydrogens is 230 g/mol. The van der Waals surface area contributed by atoms with E-state index < -0.39 is 10.8 Å². The fourth-order valence-electron chi connectivity index (χ4n) is 2.69. The van der Waals surface area contributed by atoms with Crippen LogP contribution < -0.4 is 5.32 Å². The third-order valence-corrected chi connectivity index (χ3v) is 5.28. The first-order chi connectivity index (χ1) is 8.13. The van der Waals surface area contributed by atoms with Crippen LogP contribution in [0.25, 0.3) is 0 Å². The fraction of sp³-hybridized carbons (Fsp3) is 1.00. The predicted molar refractivity (Wildman–Crippen MR) is 76.8 cm³/mol. The number of rotatable bonds is 8. The van der Waals surface area contributed by atoms with E-state index in [0.29, 0.717) is 12.0 Å². The Hall–Kier alpha value is 0.110. The highest BCUT2D eigenvalue weighted by molar-refractivity contribution is 7.85. The van der Waals surface area contributed by atoms with E-state index in [0.717, 1.165) is 24.0 Å². The van der Waals surface area contributed by atoms with Gasteiger partial charge in [-0.05, 0) is 37.6 Å². The Morgan fingerprint density at radius 2 is 1.88 bits per heavy atom. The van der Waals surface area contributed by atoms with Crippen LogP contribution >= 0.6 is 0 Å². The van der Waals surface area contributed by atoms with Gasteiger partial charge in [-0.2, -0.15) is 0 Å². The van der Waals surface area contributed by atoms with Gasteiger partial charge < -0.3 is 5.32 Å². The van der Waals surface area contributed by atoms with Gasteiger partial charge in [0.25, 0.3) is 0 Å². The van der Waals surface area contributed by atoms with E-state index in [1.807, 2.05) is 0 Å². The van der Waals surface area contributed by atoms with Gasteiger partial charge in [-0.25, -0.2) is 0 Å². The lowest BCUT2D eigenvalue weighted by Crippen LogP contribution is -2.40. The Morgan fingerprint density at radius 1 is 1.24 bits per heavy atom. The highest BCUT2D eigenvalue weighted by Gasteiger charge is 2.26. The van der Waals surface area contributed by atoms with Gasteiger partial charge in [0.2, 0.25) is 0 Å². The van der Waals surface area contributed by atoms with E-state index in [4.69, 9.17) is 0 Å². The minimum Gasteiger partial charge on any atom is -0.313 e. The van der Waals surface area contributed by atoms with Crippen molar-refractivity contribution in [3.05, 3.63) is 0 Å². The molecule has 1 aliphatic rings. The molecule has 1 N–H and O–H groups in total. The van der Waals surface area contributed by atoms with Crippen molar-refractivity contribution in [2.75, 3.05) is 18.1 Å². The summed E-state index contributed by atoms with van der Waals surface area (Å²) in [5.41, 5.74) is 0. The second-order valence-corrected chi connectivity index (χ2v) is 7.32. The second kappa shape index (κ2) is 8.25. The van der Waals surface area contributed by atoms with Crippen molar-refractivity contribution >= 4 is 10.8 Å². The van der Waals surface area contributed by atoms with E-state index in [9.17, 15) is 4.21 Å². The van der Waals surface area contributed by atoms with Gasteiger partial charge in [-0.1, -0.05) is 33.6 Å². The molecular formula is C14H29NOS. The van der Waals surface area contributed by atoms with E-state index >= 15 is 0 Å². The van der Waals surface area contributed by atoms with Crippen molar-refractivity contribution < 1.29 is 4.21 Å². The lowest BCUT2D eigenvalue weighted by atomic mass is 10.00. The molecule has 0 amide bonds. The maximum absolute atomic E-state index is 12.1. The van der Waals surface area contributed by atoms with Gasteiger partial charge >= 0.3 is 0 Å². The smallest absolute Gasteiger partial charge is 0.0391 e. The Kier molecular flexibility index (Phi) is 7.36. The topological polar surface area (TPSA) is 29.1 Å². The van der Waals surface area contributed by atoms with Crippen molar-refractivity contribution in [1.82, 2.24) is 5.32 Å². The first-order valence-electron chi connectivity index (χ1n) is 7.21. The van der Waals surface area contributed by atoms with Gasteiger partial charge in [0.1, 0.15) is 0 Å². The maximum Gasteiger partial charge on any atom is 0.0391 e. The van der Waals surface area contributed by atoms with Crippen molar-refractivity contribution in [3.63, 3.8) is 0 Å². The first kappa shape index (κ1) is 15.2. The minimum absolute atomic E-state index is 0.497. The molecule has 2 unspecified atom stereocenters. The van der Waals surface area contributed by atoms with Crippen molar-refractivity contribution in [2.24, 2.45) is 11.8 Å². The third-order valence-electron chi connectivity index (χ3n) is 3.51. The Morgan fingerprint density at radius 3 is 2.41 bits per heavy atom. The van der Waals surface area contributed by atoms with E-state index in [-0.39, 0.29) is 0 Å². The van der Waals surface area contributed by atoms with Gasteiger partial charge in [-0.3, -0.25) is 4.21 Å². The maximum atomic E-state index is 12.1. The zero-order valence-electron chi connectivity index (χ0n) is 11.7.